The molecule has 11 heteroatoms. The predicted molar refractivity (Wildman–Crippen MR) is 177 cm³/mol. The monoisotopic (exact) mass is 645 g/mol. The number of hydrogen-bond donors (Lipinski definition) is 4. The molecule has 0 bridgehead atoms. The zero-order valence-electron chi connectivity index (χ0n) is 26.7. The van der Waals surface area contributed by atoms with Crippen molar-refractivity contribution in [2.45, 2.75) is 69.8 Å². The maximum atomic E-state index is 14.7. The number of rotatable bonds is 11. The Morgan fingerprint density at radius 3 is 2.26 bits per heavy atom. The molecule has 0 aromatic heterocycles. The molecule has 3 aromatic carbocycles. The molecule has 4 N–H and O–H groups in total. The molecule has 1 fully saturated rings. The maximum absolute atomic E-state index is 14.7. The summed E-state index contributed by atoms with van der Waals surface area (Å²) >= 11 is 0. The molecule has 46 heavy (non-hydrogen) atoms. The van der Waals surface area contributed by atoms with E-state index in [9.17, 15) is 29.4 Å². The first-order valence-corrected chi connectivity index (χ1v) is 18.7. The summed E-state index contributed by atoms with van der Waals surface area (Å²) in [5.74, 6) is -1.66. The SMILES string of the molecule is C[C@H](O)C(=O)Nc1ccc2c(c1)[C@]1(O[C@@H](CC(=O)N(CCO)Cc3ccccc3)[C@H]([Si](C)(C)O)[C@H]1C)C(=O)N2Cc1ccccc1. The zero-order chi connectivity index (χ0) is 33.2. The molecule has 2 aliphatic heterocycles. The Labute approximate surface area is 270 Å². The fraction of sp³-hybridized carbons (Fsp3) is 0.400. The van der Waals surface area contributed by atoms with Crippen LogP contribution in [0.4, 0.5) is 11.4 Å². The van der Waals surface area contributed by atoms with Crippen molar-refractivity contribution >= 4 is 37.4 Å². The van der Waals surface area contributed by atoms with E-state index in [-0.39, 0.29) is 37.9 Å². The molecule has 0 aliphatic carbocycles. The van der Waals surface area contributed by atoms with Crippen LogP contribution >= 0.6 is 0 Å². The van der Waals surface area contributed by atoms with Gasteiger partial charge in [0.05, 0.1) is 31.4 Å². The highest BCUT2D eigenvalue weighted by molar-refractivity contribution is 6.71. The summed E-state index contributed by atoms with van der Waals surface area (Å²) in [5.41, 5.74) is 1.36. The van der Waals surface area contributed by atoms with Crippen LogP contribution in [0.5, 0.6) is 0 Å². The van der Waals surface area contributed by atoms with Crippen LogP contribution in [0, 0.1) is 5.92 Å². The highest BCUT2D eigenvalue weighted by atomic mass is 28.4. The standard InChI is InChI=1S/C35H43N3O7Si/c1-23-32(46(3,4)44)30(20-31(41)37(17-18-39)21-25-11-7-5-8-12-25)45-35(23)28-19-27(36-33(42)24(2)40)15-16-29(28)38(34(35)43)22-26-13-9-6-10-14-26/h5-16,19,23-24,30,32,39-40,44H,17-18,20-22H2,1-4H3,(H,36,42)/t23-,24+,30+,32-,35+/m1/s1. The van der Waals surface area contributed by atoms with E-state index >= 15 is 0 Å². The van der Waals surface area contributed by atoms with E-state index in [1.165, 1.54) is 6.92 Å². The van der Waals surface area contributed by atoms with Crippen LogP contribution in [0.2, 0.25) is 18.6 Å². The van der Waals surface area contributed by atoms with Crippen molar-refractivity contribution in [3.05, 3.63) is 95.6 Å². The van der Waals surface area contributed by atoms with Crippen molar-refractivity contribution in [2.75, 3.05) is 23.4 Å². The van der Waals surface area contributed by atoms with Crippen LogP contribution < -0.4 is 10.2 Å². The number of anilines is 2. The molecule has 1 saturated heterocycles. The number of benzene rings is 3. The largest absolute Gasteiger partial charge is 0.432 e. The highest BCUT2D eigenvalue weighted by Gasteiger charge is 2.66. The molecule has 3 aromatic rings. The summed E-state index contributed by atoms with van der Waals surface area (Å²) < 4.78 is 6.84. The van der Waals surface area contributed by atoms with Crippen molar-refractivity contribution in [1.29, 1.82) is 0 Å². The Morgan fingerprint density at radius 1 is 1.04 bits per heavy atom. The first-order valence-electron chi connectivity index (χ1n) is 15.7. The Hall–Kier alpha value is -3.87. The quantitative estimate of drug-likeness (QED) is 0.233. The van der Waals surface area contributed by atoms with Gasteiger partial charge in [0.25, 0.3) is 11.8 Å². The van der Waals surface area contributed by atoms with Crippen LogP contribution in [0.15, 0.2) is 78.9 Å². The summed E-state index contributed by atoms with van der Waals surface area (Å²) in [5, 5.41) is 22.3. The molecule has 0 saturated carbocycles. The van der Waals surface area contributed by atoms with Gasteiger partial charge < -0.3 is 34.9 Å². The van der Waals surface area contributed by atoms with Gasteiger partial charge in [0.2, 0.25) is 5.91 Å². The van der Waals surface area contributed by atoms with Gasteiger partial charge in [-0.05, 0) is 49.3 Å². The molecule has 3 amide bonds. The fourth-order valence-electron chi connectivity index (χ4n) is 7.04. The Morgan fingerprint density at radius 2 is 1.67 bits per heavy atom. The number of nitrogens with zero attached hydrogens (tertiary/aromatic N) is 2. The van der Waals surface area contributed by atoms with Gasteiger partial charge in [-0.3, -0.25) is 14.4 Å². The average Bonchev–Trinajstić information content (AvgIpc) is 3.44. The summed E-state index contributed by atoms with van der Waals surface area (Å²) in [4.78, 5) is 55.9. The first kappa shape index (κ1) is 33.5. The molecule has 1 spiro atoms. The number of amides is 3. The molecule has 0 radical (unpaired) electrons. The molecule has 0 unspecified atom stereocenters. The van der Waals surface area contributed by atoms with Gasteiger partial charge in [0.15, 0.2) is 13.9 Å². The van der Waals surface area contributed by atoms with Crippen molar-refractivity contribution < 1.29 is 34.1 Å². The minimum Gasteiger partial charge on any atom is -0.432 e. The van der Waals surface area contributed by atoms with Gasteiger partial charge in [-0.15, -0.1) is 0 Å². The molecule has 2 heterocycles. The van der Waals surface area contributed by atoms with Crippen LogP contribution in [-0.4, -0.2) is 71.3 Å². The number of carbonyl (C=O) groups is 3. The van der Waals surface area contributed by atoms with Gasteiger partial charge in [0.1, 0.15) is 6.10 Å². The van der Waals surface area contributed by atoms with Crippen LogP contribution in [0.3, 0.4) is 0 Å². The number of nitrogens with one attached hydrogen (secondary N) is 1. The van der Waals surface area contributed by atoms with Gasteiger partial charge in [0, 0.05) is 35.8 Å². The van der Waals surface area contributed by atoms with Crippen molar-refractivity contribution in [3.63, 3.8) is 0 Å². The Bertz CT molecular complexity index is 1560. The van der Waals surface area contributed by atoms with E-state index in [1.54, 1.807) is 41.1 Å². The minimum absolute atomic E-state index is 0.0830. The average molecular weight is 646 g/mol. The third-order valence-corrected chi connectivity index (χ3v) is 11.6. The smallest absolute Gasteiger partial charge is 0.264 e. The molecule has 10 nitrogen and oxygen atoms in total. The van der Waals surface area contributed by atoms with Crippen LogP contribution in [0.25, 0.3) is 0 Å². The molecule has 5 atom stereocenters. The van der Waals surface area contributed by atoms with E-state index in [0.717, 1.165) is 11.1 Å². The molecule has 5 rings (SSSR count). The third-order valence-electron chi connectivity index (χ3n) is 9.13. The number of aliphatic hydroxyl groups is 2. The van der Waals surface area contributed by atoms with Crippen molar-refractivity contribution in [2.24, 2.45) is 5.92 Å². The van der Waals surface area contributed by atoms with Crippen LogP contribution in [0.1, 0.15) is 37.0 Å². The lowest BCUT2D eigenvalue weighted by Gasteiger charge is -2.32. The van der Waals surface area contributed by atoms with Gasteiger partial charge in [-0.1, -0.05) is 67.6 Å². The lowest BCUT2D eigenvalue weighted by atomic mass is 9.82. The number of ether oxygens (including phenoxy) is 1. The highest BCUT2D eigenvalue weighted by Crippen LogP contribution is 2.60. The van der Waals surface area contributed by atoms with Crippen molar-refractivity contribution in [3.8, 4) is 0 Å². The summed E-state index contributed by atoms with van der Waals surface area (Å²) in [7, 11) is -3.06. The normalized spacial score (nSPS) is 23.0. The predicted octanol–water partition coefficient (Wildman–Crippen LogP) is 3.76. The number of hydrogen-bond acceptors (Lipinski definition) is 7. The molecule has 2 aliphatic rings. The first-order chi connectivity index (χ1) is 21.9. The number of fused-ring (bicyclic) bond motifs is 2. The van der Waals surface area contributed by atoms with Crippen LogP contribution in [-0.2, 0) is 37.8 Å². The second-order valence-electron chi connectivity index (χ2n) is 12.9. The summed E-state index contributed by atoms with van der Waals surface area (Å²) in [6, 6.07) is 24.2. The number of aliphatic hydroxyl groups excluding tert-OH is 2. The van der Waals surface area contributed by atoms with E-state index in [4.69, 9.17) is 4.74 Å². The number of carbonyl (C=O) groups excluding carboxylic acids is 3. The van der Waals surface area contributed by atoms with E-state index < -0.39 is 43.5 Å². The molecule has 244 valence electrons. The molecular weight excluding hydrogens is 602 g/mol. The lowest BCUT2D eigenvalue weighted by molar-refractivity contribution is -0.150. The van der Waals surface area contributed by atoms with E-state index in [2.05, 4.69) is 5.32 Å². The maximum Gasteiger partial charge on any atom is 0.264 e. The van der Waals surface area contributed by atoms with E-state index in [0.29, 0.717) is 23.5 Å². The third kappa shape index (κ3) is 6.51. The second kappa shape index (κ2) is 13.5. The second-order valence-corrected chi connectivity index (χ2v) is 16.8. The summed E-state index contributed by atoms with van der Waals surface area (Å²) in [6.45, 7) is 7.35. The van der Waals surface area contributed by atoms with Gasteiger partial charge in [-0.25, -0.2) is 0 Å². The fourth-order valence-corrected chi connectivity index (χ4v) is 9.60. The van der Waals surface area contributed by atoms with Gasteiger partial charge in [-0.2, -0.15) is 0 Å². The lowest BCUT2D eigenvalue weighted by Crippen LogP contribution is -2.46. The Kier molecular flexibility index (Phi) is 9.80. The van der Waals surface area contributed by atoms with Crippen molar-refractivity contribution in [1.82, 2.24) is 4.90 Å². The minimum atomic E-state index is -3.06. The summed E-state index contributed by atoms with van der Waals surface area (Å²) in [6.07, 6.45) is -2.10. The molecular formula is C35H43N3O7Si. The topological polar surface area (TPSA) is 140 Å². The van der Waals surface area contributed by atoms with E-state index in [1.807, 2.05) is 67.6 Å². The Balaban J connectivity index is 1.55. The zero-order valence-corrected chi connectivity index (χ0v) is 27.7. The van der Waals surface area contributed by atoms with Gasteiger partial charge >= 0.3 is 0 Å².